The maximum atomic E-state index is 13.7. The standard InChI is InChI=1S/C18H21FN2O3S/c19-17-8-4-5-9-18(17)25(22,23)20-12-16-14-21(10-11-24-16)13-15-6-2-1-3-7-15/h1-9,16,20H,10-14H2/t16-/m1/s1. The topological polar surface area (TPSA) is 58.6 Å². The number of rotatable bonds is 6. The molecule has 0 spiro atoms. The summed E-state index contributed by atoms with van der Waals surface area (Å²) in [6.07, 6.45) is -0.265. The van der Waals surface area contributed by atoms with Gasteiger partial charge in [-0.05, 0) is 17.7 Å². The van der Waals surface area contributed by atoms with Crippen molar-refractivity contribution in [1.82, 2.24) is 9.62 Å². The molecule has 1 atom stereocenters. The van der Waals surface area contributed by atoms with Crippen LogP contribution in [0.25, 0.3) is 0 Å². The lowest BCUT2D eigenvalue weighted by atomic mass is 10.2. The molecule has 1 aliphatic rings. The Balaban J connectivity index is 1.57. The highest BCUT2D eigenvalue weighted by molar-refractivity contribution is 7.89. The van der Waals surface area contributed by atoms with Gasteiger partial charge in [0.2, 0.25) is 10.0 Å². The van der Waals surface area contributed by atoms with Gasteiger partial charge in [0, 0.05) is 26.2 Å². The van der Waals surface area contributed by atoms with Gasteiger partial charge in [0.25, 0.3) is 0 Å². The van der Waals surface area contributed by atoms with E-state index in [1.165, 1.54) is 23.8 Å². The molecule has 0 saturated carbocycles. The minimum Gasteiger partial charge on any atom is -0.374 e. The van der Waals surface area contributed by atoms with Crippen LogP contribution in [0, 0.1) is 5.82 Å². The van der Waals surface area contributed by atoms with Crippen molar-refractivity contribution in [1.29, 1.82) is 0 Å². The fourth-order valence-corrected chi connectivity index (χ4v) is 3.98. The quantitative estimate of drug-likeness (QED) is 0.852. The third-order valence-corrected chi connectivity index (χ3v) is 5.56. The number of nitrogens with one attached hydrogen (secondary N) is 1. The molecular weight excluding hydrogens is 343 g/mol. The van der Waals surface area contributed by atoms with E-state index in [0.717, 1.165) is 19.2 Å². The van der Waals surface area contributed by atoms with Crippen molar-refractivity contribution < 1.29 is 17.5 Å². The average Bonchev–Trinajstić information content (AvgIpc) is 2.62. The Morgan fingerprint density at radius 1 is 1.12 bits per heavy atom. The summed E-state index contributed by atoms with van der Waals surface area (Å²) in [5.41, 5.74) is 1.20. The van der Waals surface area contributed by atoms with Crippen molar-refractivity contribution in [3.05, 3.63) is 66.0 Å². The molecule has 0 bridgehead atoms. The van der Waals surface area contributed by atoms with Gasteiger partial charge < -0.3 is 4.74 Å². The summed E-state index contributed by atoms with van der Waals surface area (Å²) < 4.78 is 46.3. The molecule has 0 unspecified atom stereocenters. The first-order valence-corrected chi connectivity index (χ1v) is 9.65. The Kier molecular flexibility index (Phi) is 5.80. The molecule has 1 heterocycles. The summed E-state index contributed by atoms with van der Waals surface area (Å²) in [7, 11) is -3.89. The fourth-order valence-electron chi connectivity index (χ4n) is 2.83. The molecule has 1 saturated heterocycles. The van der Waals surface area contributed by atoms with E-state index >= 15 is 0 Å². The number of nitrogens with zero attached hydrogens (tertiary/aromatic N) is 1. The zero-order chi connectivity index (χ0) is 17.7. The predicted molar refractivity (Wildman–Crippen MR) is 93.0 cm³/mol. The van der Waals surface area contributed by atoms with Crippen LogP contribution < -0.4 is 4.72 Å². The van der Waals surface area contributed by atoms with Crippen LogP contribution in [0.1, 0.15) is 5.56 Å². The first kappa shape index (κ1) is 18.0. The monoisotopic (exact) mass is 364 g/mol. The number of benzene rings is 2. The Bertz CT molecular complexity index is 799. The number of sulfonamides is 1. The summed E-state index contributed by atoms with van der Waals surface area (Å²) in [5.74, 6) is -0.759. The van der Waals surface area contributed by atoms with Crippen LogP contribution in [0.2, 0.25) is 0 Å². The van der Waals surface area contributed by atoms with Crippen molar-refractivity contribution in [2.24, 2.45) is 0 Å². The lowest BCUT2D eigenvalue weighted by Gasteiger charge is -2.33. The first-order valence-electron chi connectivity index (χ1n) is 8.17. The average molecular weight is 364 g/mol. The molecule has 5 nitrogen and oxygen atoms in total. The molecule has 1 fully saturated rings. The Morgan fingerprint density at radius 2 is 1.84 bits per heavy atom. The third-order valence-electron chi connectivity index (χ3n) is 4.10. The lowest BCUT2D eigenvalue weighted by molar-refractivity contribution is -0.0276. The van der Waals surface area contributed by atoms with Gasteiger partial charge in [-0.25, -0.2) is 17.5 Å². The Morgan fingerprint density at radius 3 is 2.60 bits per heavy atom. The fraction of sp³-hybridized carbons (Fsp3) is 0.333. The molecular formula is C18H21FN2O3S. The number of morpholine rings is 1. The van der Waals surface area contributed by atoms with E-state index in [-0.39, 0.29) is 17.5 Å². The third kappa shape index (κ3) is 4.85. The zero-order valence-corrected chi connectivity index (χ0v) is 14.6. The van der Waals surface area contributed by atoms with Crippen LogP contribution in [0.5, 0.6) is 0 Å². The Labute approximate surface area is 147 Å². The second kappa shape index (κ2) is 8.05. The summed E-state index contributed by atoms with van der Waals surface area (Å²) in [6.45, 7) is 2.86. The second-order valence-corrected chi connectivity index (χ2v) is 7.73. The van der Waals surface area contributed by atoms with E-state index in [1.54, 1.807) is 0 Å². The minimum atomic E-state index is -3.89. The Hall–Kier alpha value is -1.80. The smallest absolute Gasteiger partial charge is 0.243 e. The molecule has 7 heteroatoms. The van der Waals surface area contributed by atoms with Gasteiger partial charge in [-0.2, -0.15) is 0 Å². The summed E-state index contributed by atoms with van der Waals surface area (Å²) >= 11 is 0. The van der Waals surface area contributed by atoms with E-state index in [2.05, 4.69) is 21.8 Å². The molecule has 0 aliphatic carbocycles. The molecule has 1 N–H and O–H groups in total. The van der Waals surface area contributed by atoms with Crippen molar-refractivity contribution in [2.75, 3.05) is 26.2 Å². The largest absolute Gasteiger partial charge is 0.374 e. The number of hydrogen-bond acceptors (Lipinski definition) is 4. The molecule has 25 heavy (non-hydrogen) atoms. The maximum absolute atomic E-state index is 13.7. The van der Waals surface area contributed by atoms with Gasteiger partial charge in [-0.15, -0.1) is 0 Å². The van der Waals surface area contributed by atoms with Crippen LogP contribution >= 0.6 is 0 Å². The van der Waals surface area contributed by atoms with Crippen LogP contribution in [-0.2, 0) is 21.3 Å². The van der Waals surface area contributed by atoms with E-state index in [0.29, 0.717) is 13.2 Å². The highest BCUT2D eigenvalue weighted by Gasteiger charge is 2.24. The van der Waals surface area contributed by atoms with Crippen molar-refractivity contribution in [3.63, 3.8) is 0 Å². The molecule has 1 aliphatic heterocycles. The predicted octanol–water partition coefficient (Wildman–Crippen LogP) is 2.00. The molecule has 0 aromatic heterocycles. The molecule has 3 rings (SSSR count). The molecule has 2 aromatic rings. The summed E-state index contributed by atoms with van der Waals surface area (Å²) in [4.78, 5) is 1.88. The number of halogens is 1. The van der Waals surface area contributed by atoms with E-state index in [9.17, 15) is 12.8 Å². The minimum absolute atomic E-state index is 0.113. The van der Waals surface area contributed by atoms with E-state index in [4.69, 9.17) is 4.74 Å². The molecule has 0 amide bonds. The van der Waals surface area contributed by atoms with Crippen LogP contribution in [-0.4, -0.2) is 45.7 Å². The van der Waals surface area contributed by atoms with Crippen molar-refractivity contribution in [3.8, 4) is 0 Å². The zero-order valence-electron chi connectivity index (χ0n) is 13.8. The normalized spacial score (nSPS) is 19.0. The SMILES string of the molecule is O=S(=O)(NC[C@@H]1CN(Cc2ccccc2)CCO1)c1ccccc1F. The van der Waals surface area contributed by atoms with Gasteiger partial charge in [-0.1, -0.05) is 42.5 Å². The van der Waals surface area contributed by atoms with Gasteiger partial charge in [-0.3, -0.25) is 4.90 Å². The van der Waals surface area contributed by atoms with E-state index < -0.39 is 15.8 Å². The van der Waals surface area contributed by atoms with Gasteiger partial charge >= 0.3 is 0 Å². The lowest BCUT2D eigenvalue weighted by Crippen LogP contribution is -2.47. The molecule has 0 radical (unpaired) electrons. The highest BCUT2D eigenvalue weighted by Crippen LogP contribution is 2.14. The van der Waals surface area contributed by atoms with E-state index in [1.807, 2.05) is 18.2 Å². The van der Waals surface area contributed by atoms with Gasteiger partial charge in [0.1, 0.15) is 10.7 Å². The van der Waals surface area contributed by atoms with Crippen LogP contribution in [0.3, 0.4) is 0 Å². The highest BCUT2D eigenvalue weighted by atomic mass is 32.2. The van der Waals surface area contributed by atoms with Crippen LogP contribution in [0.15, 0.2) is 59.5 Å². The maximum Gasteiger partial charge on any atom is 0.243 e. The van der Waals surface area contributed by atoms with Crippen molar-refractivity contribution in [2.45, 2.75) is 17.5 Å². The number of hydrogen-bond donors (Lipinski definition) is 1. The van der Waals surface area contributed by atoms with Crippen LogP contribution in [0.4, 0.5) is 4.39 Å². The van der Waals surface area contributed by atoms with Crippen molar-refractivity contribution >= 4 is 10.0 Å². The summed E-state index contributed by atoms with van der Waals surface area (Å²) in [6, 6.07) is 15.4. The molecule has 134 valence electrons. The first-order chi connectivity index (χ1) is 12.0. The second-order valence-electron chi connectivity index (χ2n) is 6.00. The molecule has 2 aromatic carbocycles. The summed E-state index contributed by atoms with van der Waals surface area (Å²) in [5, 5.41) is 0. The van der Waals surface area contributed by atoms with Gasteiger partial charge in [0.05, 0.1) is 12.7 Å². The van der Waals surface area contributed by atoms with Gasteiger partial charge in [0.15, 0.2) is 0 Å². The number of ether oxygens (including phenoxy) is 1.